The lowest BCUT2D eigenvalue weighted by Gasteiger charge is -2.44. The van der Waals surface area contributed by atoms with Crippen LogP contribution in [-0.2, 0) is 12.8 Å². The van der Waals surface area contributed by atoms with Crippen molar-refractivity contribution in [2.24, 2.45) is 5.73 Å². The zero-order chi connectivity index (χ0) is 18.4. The molecule has 5 rings (SSSR count). The van der Waals surface area contributed by atoms with E-state index in [-0.39, 0.29) is 11.6 Å². The number of rotatable bonds is 1. The minimum atomic E-state index is -0.328. The second kappa shape index (κ2) is 6.19. The van der Waals surface area contributed by atoms with E-state index in [4.69, 9.17) is 15.2 Å². The molecule has 0 radical (unpaired) electrons. The van der Waals surface area contributed by atoms with Gasteiger partial charge in [0, 0.05) is 32.4 Å². The summed E-state index contributed by atoms with van der Waals surface area (Å²) in [5.74, 6) is 2.01. The van der Waals surface area contributed by atoms with Gasteiger partial charge >= 0.3 is 6.03 Å². The summed E-state index contributed by atoms with van der Waals surface area (Å²) in [6.45, 7) is 2.14. The van der Waals surface area contributed by atoms with E-state index >= 15 is 0 Å². The van der Waals surface area contributed by atoms with Gasteiger partial charge in [-0.3, -0.25) is 0 Å². The summed E-state index contributed by atoms with van der Waals surface area (Å²) in [6, 6.07) is 12.6. The lowest BCUT2D eigenvalue weighted by molar-refractivity contribution is -0.00471. The Kier molecular flexibility index (Phi) is 3.78. The number of urea groups is 1. The van der Waals surface area contributed by atoms with Crippen LogP contribution in [0.15, 0.2) is 36.4 Å². The molecule has 3 aliphatic rings. The third-order valence-electron chi connectivity index (χ3n) is 6.25. The molecule has 5 nitrogen and oxygen atoms in total. The number of piperidine rings is 1. The molecule has 0 unspecified atom stereocenters. The van der Waals surface area contributed by atoms with Gasteiger partial charge in [-0.15, -0.1) is 0 Å². The first-order valence-corrected chi connectivity index (χ1v) is 9.74. The van der Waals surface area contributed by atoms with E-state index in [1.54, 1.807) is 4.90 Å². The van der Waals surface area contributed by atoms with Gasteiger partial charge < -0.3 is 20.1 Å². The topological polar surface area (TPSA) is 64.8 Å². The van der Waals surface area contributed by atoms with Crippen molar-refractivity contribution in [3.05, 3.63) is 47.5 Å². The minimum absolute atomic E-state index is 0.147. The summed E-state index contributed by atoms with van der Waals surface area (Å²) in [6.07, 6.45) is 4.69. The molecule has 140 valence electrons. The zero-order valence-corrected chi connectivity index (χ0v) is 15.4. The molecule has 1 spiro atoms. The summed E-state index contributed by atoms with van der Waals surface area (Å²) < 4.78 is 12.1. The third kappa shape index (κ3) is 2.91. The summed E-state index contributed by atoms with van der Waals surface area (Å²) in [7, 11) is 0. The smallest absolute Gasteiger partial charge is 0.314 e. The molecule has 1 saturated heterocycles. The Morgan fingerprint density at radius 1 is 0.926 bits per heavy atom. The summed E-state index contributed by atoms with van der Waals surface area (Å²) in [4.78, 5) is 13.1. The number of amides is 2. The average Bonchev–Trinajstić information content (AvgIpc) is 3.16. The van der Waals surface area contributed by atoms with Crippen LogP contribution in [0.1, 0.15) is 30.4 Å². The predicted octanol–water partition coefficient (Wildman–Crippen LogP) is 3.53. The highest BCUT2D eigenvalue weighted by atomic mass is 16.5. The number of benzene rings is 2. The van der Waals surface area contributed by atoms with Crippen LogP contribution in [0.3, 0.4) is 0 Å². The molecule has 0 saturated carbocycles. The lowest BCUT2D eigenvalue weighted by atomic mass is 9.82. The molecular weight excluding hydrogens is 340 g/mol. The van der Waals surface area contributed by atoms with Crippen LogP contribution in [0.25, 0.3) is 11.1 Å². The Balaban J connectivity index is 1.36. The van der Waals surface area contributed by atoms with Gasteiger partial charge in [0.25, 0.3) is 0 Å². The fourth-order valence-corrected chi connectivity index (χ4v) is 4.55. The Hall–Kier alpha value is -2.69. The van der Waals surface area contributed by atoms with Crippen molar-refractivity contribution >= 4 is 6.03 Å². The van der Waals surface area contributed by atoms with Crippen LogP contribution < -0.4 is 15.2 Å². The molecule has 2 N–H and O–H groups in total. The fraction of sp³-hybridized carbons (Fsp3) is 0.409. The van der Waals surface area contributed by atoms with Crippen LogP contribution in [0, 0.1) is 0 Å². The fourth-order valence-electron chi connectivity index (χ4n) is 4.55. The van der Waals surface area contributed by atoms with Crippen LogP contribution >= 0.6 is 0 Å². The van der Waals surface area contributed by atoms with Crippen LogP contribution in [-0.4, -0.2) is 36.2 Å². The number of nitrogens with zero attached hydrogens (tertiary/aromatic N) is 1. The zero-order valence-electron chi connectivity index (χ0n) is 15.4. The number of hydrogen-bond acceptors (Lipinski definition) is 3. The van der Waals surface area contributed by atoms with Gasteiger partial charge in [-0.05, 0) is 59.4 Å². The Bertz CT molecular complexity index is 900. The molecule has 3 aliphatic heterocycles. The molecule has 5 heteroatoms. The molecule has 0 bridgehead atoms. The average molecular weight is 364 g/mol. The van der Waals surface area contributed by atoms with Gasteiger partial charge in [-0.2, -0.15) is 0 Å². The van der Waals surface area contributed by atoms with Crippen molar-refractivity contribution in [3.63, 3.8) is 0 Å². The lowest BCUT2D eigenvalue weighted by Crippen LogP contribution is -2.52. The SMILES string of the molecule is NC(=O)N1CCC2(CCc3cc(-c4ccc5c(c4)CCO5)ccc3O2)CC1. The number of carbonyl (C=O) groups excluding carboxylic acids is 1. The predicted molar refractivity (Wildman–Crippen MR) is 103 cm³/mol. The van der Waals surface area contributed by atoms with Crippen LogP contribution in [0.2, 0.25) is 0 Å². The van der Waals surface area contributed by atoms with E-state index < -0.39 is 0 Å². The Morgan fingerprint density at radius 3 is 2.30 bits per heavy atom. The molecule has 0 aliphatic carbocycles. The van der Waals surface area contributed by atoms with Crippen LogP contribution in [0.4, 0.5) is 4.79 Å². The number of hydrogen-bond donors (Lipinski definition) is 1. The molecule has 2 aromatic carbocycles. The highest BCUT2D eigenvalue weighted by Crippen LogP contribution is 2.41. The molecule has 0 aromatic heterocycles. The molecule has 27 heavy (non-hydrogen) atoms. The first kappa shape index (κ1) is 16.5. The maximum absolute atomic E-state index is 11.4. The largest absolute Gasteiger partial charge is 0.493 e. The third-order valence-corrected chi connectivity index (χ3v) is 6.25. The van der Waals surface area contributed by atoms with Crippen molar-refractivity contribution in [1.29, 1.82) is 0 Å². The quantitative estimate of drug-likeness (QED) is 0.842. The maximum Gasteiger partial charge on any atom is 0.314 e. The number of aryl methyl sites for hydroxylation is 1. The summed E-state index contributed by atoms with van der Waals surface area (Å²) in [5, 5.41) is 0. The molecule has 1 fully saturated rings. The van der Waals surface area contributed by atoms with Gasteiger partial charge in [0.1, 0.15) is 17.1 Å². The molecule has 2 amide bonds. The van der Waals surface area contributed by atoms with E-state index in [2.05, 4.69) is 36.4 Å². The second-order valence-corrected chi connectivity index (χ2v) is 7.85. The molecule has 2 aromatic rings. The molecule has 0 atom stereocenters. The van der Waals surface area contributed by atoms with Gasteiger partial charge in [0.15, 0.2) is 0 Å². The minimum Gasteiger partial charge on any atom is -0.493 e. The monoisotopic (exact) mass is 364 g/mol. The van der Waals surface area contributed by atoms with E-state index in [9.17, 15) is 4.79 Å². The number of fused-ring (bicyclic) bond motifs is 2. The number of ether oxygens (including phenoxy) is 2. The van der Waals surface area contributed by atoms with E-state index in [1.165, 1.54) is 22.3 Å². The van der Waals surface area contributed by atoms with Gasteiger partial charge in [0.05, 0.1) is 6.61 Å². The summed E-state index contributed by atoms with van der Waals surface area (Å²) in [5.41, 5.74) is 10.3. The standard InChI is InChI=1S/C22H24N2O3/c23-21(25)24-10-8-22(9-11-24)7-5-17-13-16(2-4-20(17)27-22)15-1-3-19-18(14-15)6-12-26-19/h1-4,13-14H,5-12H2,(H2,23,25). The normalized spacial score (nSPS) is 19.8. The molecule has 3 heterocycles. The second-order valence-electron chi connectivity index (χ2n) is 7.85. The van der Waals surface area contributed by atoms with Crippen LogP contribution in [0.5, 0.6) is 11.5 Å². The van der Waals surface area contributed by atoms with Crippen molar-refractivity contribution in [1.82, 2.24) is 4.90 Å². The van der Waals surface area contributed by atoms with Crippen molar-refractivity contribution in [2.75, 3.05) is 19.7 Å². The highest BCUT2D eigenvalue weighted by molar-refractivity contribution is 5.72. The van der Waals surface area contributed by atoms with E-state index in [0.717, 1.165) is 50.2 Å². The number of primary amides is 1. The Labute approximate surface area is 159 Å². The summed E-state index contributed by atoms with van der Waals surface area (Å²) >= 11 is 0. The number of likely N-dealkylation sites (tertiary alicyclic amines) is 1. The Morgan fingerprint density at radius 2 is 1.59 bits per heavy atom. The van der Waals surface area contributed by atoms with E-state index in [0.29, 0.717) is 13.1 Å². The first-order valence-electron chi connectivity index (χ1n) is 9.74. The van der Waals surface area contributed by atoms with Crippen molar-refractivity contribution < 1.29 is 14.3 Å². The van der Waals surface area contributed by atoms with Gasteiger partial charge in [-0.25, -0.2) is 4.79 Å². The number of carbonyl (C=O) groups is 1. The van der Waals surface area contributed by atoms with Crippen molar-refractivity contribution in [2.45, 2.75) is 37.7 Å². The van der Waals surface area contributed by atoms with Gasteiger partial charge in [0.2, 0.25) is 0 Å². The van der Waals surface area contributed by atoms with Gasteiger partial charge in [-0.1, -0.05) is 12.1 Å². The van der Waals surface area contributed by atoms with Crippen molar-refractivity contribution in [3.8, 4) is 22.6 Å². The number of nitrogens with two attached hydrogens (primary N) is 1. The first-order chi connectivity index (χ1) is 13.1. The molecular formula is C22H24N2O3. The maximum atomic E-state index is 11.4. The van der Waals surface area contributed by atoms with E-state index in [1.807, 2.05) is 0 Å². The highest BCUT2D eigenvalue weighted by Gasteiger charge is 2.40.